The number of aromatic nitrogens is 1. The number of nitrogens with one attached hydrogen (secondary N) is 1. The SMILES string of the molecule is Cc1ccc(CNC(=O)C2(CN)CCOCC2)n1C. The third kappa shape index (κ3) is 2.82. The van der Waals surface area contributed by atoms with Crippen molar-refractivity contribution in [2.45, 2.75) is 26.3 Å². The van der Waals surface area contributed by atoms with Gasteiger partial charge in [0.25, 0.3) is 0 Å². The molecule has 0 aliphatic carbocycles. The number of rotatable bonds is 4. The lowest BCUT2D eigenvalue weighted by atomic mass is 9.79. The Morgan fingerprint density at radius 1 is 1.47 bits per heavy atom. The average Bonchev–Trinajstić information content (AvgIpc) is 2.77. The van der Waals surface area contributed by atoms with Crippen LogP contribution in [0.4, 0.5) is 0 Å². The zero-order valence-corrected chi connectivity index (χ0v) is 11.7. The van der Waals surface area contributed by atoms with Gasteiger partial charge in [0.15, 0.2) is 0 Å². The molecule has 5 heteroatoms. The summed E-state index contributed by atoms with van der Waals surface area (Å²) in [7, 11) is 2.00. The minimum absolute atomic E-state index is 0.0529. The lowest BCUT2D eigenvalue weighted by Gasteiger charge is -2.34. The molecule has 2 rings (SSSR count). The molecule has 0 unspecified atom stereocenters. The third-order valence-electron chi connectivity index (χ3n) is 4.23. The maximum absolute atomic E-state index is 12.4. The Kier molecular flexibility index (Phi) is 4.27. The van der Waals surface area contributed by atoms with Gasteiger partial charge in [-0.15, -0.1) is 0 Å². The Balaban J connectivity index is 1.98. The van der Waals surface area contributed by atoms with Gasteiger partial charge in [0.05, 0.1) is 12.0 Å². The first kappa shape index (κ1) is 14.1. The van der Waals surface area contributed by atoms with Crippen molar-refractivity contribution in [3.05, 3.63) is 23.5 Å². The van der Waals surface area contributed by atoms with Crippen molar-refractivity contribution in [2.75, 3.05) is 19.8 Å². The number of aryl methyl sites for hydroxylation is 1. The zero-order chi connectivity index (χ0) is 13.9. The van der Waals surface area contributed by atoms with Crippen LogP contribution in [0, 0.1) is 12.3 Å². The van der Waals surface area contributed by atoms with Crippen LogP contribution in [0.15, 0.2) is 12.1 Å². The van der Waals surface area contributed by atoms with Gasteiger partial charge in [0.1, 0.15) is 0 Å². The predicted molar refractivity (Wildman–Crippen MR) is 73.5 cm³/mol. The number of hydrogen-bond acceptors (Lipinski definition) is 3. The quantitative estimate of drug-likeness (QED) is 0.842. The number of nitrogens with two attached hydrogens (primary N) is 1. The molecule has 1 saturated heterocycles. The molecular weight excluding hydrogens is 242 g/mol. The van der Waals surface area contributed by atoms with Crippen LogP contribution in [-0.2, 0) is 23.1 Å². The summed E-state index contributed by atoms with van der Waals surface area (Å²) in [6, 6.07) is 4.09. The normalized spacial score (nSPS) is 18.3. The summed E-state index contributed by atoms with van der Waals surface area (Å²) in [6.45, 7) is 4.22. The fourth-order valence-electron chi connectivity index (χ4n) is 2.49. The van der Waals surface area contributed by atoms with Crippen molar-refractivity contribution in [1.82, 2.24) is 9.88 Å². The second kappa shape index (κ2) is 5.75. The molecule has 5 nitrogen and oxygen atoms in total. The van der Waals surface area contributed by atoms with E-state index in [-0.39, 0.29) is 5.91 Å². The van der Waals surface area contributed by atoms with E-state index in [0.717, 1.165) is 5.69 Å². The number of carbonyl (C=O) groups is 1. The smallest absolute Gasteiger partial charge is 0.227 e. The summed E-state index contributed by atoms with van der Waals surface area (Å²) in [5.74, 6) is 0.0529. The minimum Gasteiger partial charge on any atom is -0.381 e. The van der Waals surface area contributed by atoms with Gasteiger partial charge in [-0.1, -0.05) is 0 Å². The van der Waals surface area contributed by atoms with Crippen LogP contribution >= 0.6 is 0 Å². The molecule has 0 atom stereocenters. The summed E-state index contributed by atoms with van der Waals surface area (Å²) in [6.07, 6.45) is 1.42. The molecule has 1 aromatic heterocycles. The molecule has 1 fully saturated rings. The standard InChI is InChI=1S/C14H23N3O2/c1-11-3-4-12(17(11)2)9-16-13(18)14(10-15)5-7-19-8-6-14/h3-4H,5-10,15H2,1-2H3,(H,16,18). The van der Waals surface area contributed by atoms with E-state index in [2.05, 4.69) is 16.0 Å². The Bertz CT molecular complexity index is 448. The van der Waals surface area contributed by atoms with Crippen LogP contribution in [0.3, 0.4) is 0 Å². The summed E-state index contributed by atoms with van der Waals surface area (Å²) in [5.41, 5.74) is 7.66. The Morgan fingerprint density at radius 2 is 2.16 bits per heavy atom. The Morgan fingerprint density at radius 3 is 2.68 bits per heavy atom. The molecule has 0 aromatic carbocycles. The Labute approximate surface area is 114 Å². The Hall–Kier alpha value is -1.33. The van der Waals surface area contributed by atoms with Crippen molar-refractivity contribution in [3.63, 3.8) is 0 Å². The molecule has 1 aliphatic rings. The summed E-state index contributed by atoms with van der Waals surface area (Å²) in [5, 5.41) is 3.02. The molecule has 1 aliphatic heterocycles. The maximum atomic E-state index is 12.4. The predicted octanol–water partition coefficient (Wildman–Crippen LogP) is 0.705. The van der Waals surface area contributed by atoms with Crippen LogP contribution in [0.1, 0.15) is 24.2 Å². The molecule has 0 bridgehead atoms. The molecule has 0 saturated carbocycles. The second-order valence-corrected chi connectivity index (χ2v) is 5.30. The van der Waals surface area contributed by atoms with Crippen LogP contribution in [0.5, 0.6) is 0 Å². The summed E-state index contributed by atoms with van der Waals surface area (Å²) >= 11 is 0. The lowest BCUT2D eigenvalue weighted by molar-refractivity contribution is -0.136. The van der Waals surface area contributed by atoms with Crippen molar-refractivity contribution in [3.8, 4) is 0 Å². The third-order valence-corrected chi connectivity index (χ3v) is 4.23. The number of ether oxygens (including phenoxy) is 1. The first-order valence-electron chi connectivity index (χ1n) is 6.76. The van der Waals surface area contributed by atoms with Crippen molar-refractivity contribution >= 4 is 5.91 Å². The first-order chi connectivity index (χ1) is 9.09. The number of amides is 1. The van der Waals surface area contributed by atoms with Crippen molar-refractivity contribution in [1.29, 1.82) is 0 Å². The highest BCUT2D eigenvalue weighted by atomic mass is 16.5. The average molecular weight is 265 g/mol. The zero-order valence-electron chi connectivity index (χ0n) is 11.7. The van der Waals surface area contributed by atoms with Gasteiger partial charge in [-0.2, -0.15) is 0 Å². The highest BCUT2D eigenvalue weighted by Crippen LogP contribution is 2.29. The van der Waals surface area contributed by atoms with Crippen LogP contribution in [0.25, 0.3) is 0 Å². The van der Waals surface area contributed by atoms with E-state index in [0.29, 0.717) is 39.1 Å². The van der Waals surface area contributed by atoms with Gasteiger partial charge in [0, 0.05) is 38.2 Å². The monoisotopic (exact) mass is 265 g/mol. The van der Waals surface area contributed by atoms with Crippen LogP contribution < -0.4 is 11.1 Å². The molecule has 2 heterocycles. The molecular formula is C14H23N3O2. The number of nitrogens with zero attached hydrogens (tertiary/aromatic N) is 1. The molecule has 19 heavy (non-hydrogen) atoms. The molecule has 0 spiro atoms. The van der Waals surface area contributed by atoms with Crippen molar-refractivity contribution in [2.24, 2.45) is 18.2 Å². The molecule has 1 amide bonds. The van der Waals surface area contributed by atoms with Gasteiger partial charge >= 0.3 is 0 Å². The first-order valence-corrected chi connectivity index (χ1v) is 6.76. The van der Waals surface area contributed by atoms with E-state index < -0.39 is 5.41 Å². The van der Waals surface area contributed by atoms with Gasteiger partial charge in [-0.05, 0) is 31.9 Å². The lowest BCUT2D eigenvalue weighted by Crippen LogP contribution is -2.49. The highest BCUT2D eigenvalue weighted by Gasteiger charge is 2.38. The number of hydrogen-bond donors (Lipinski definition) is 2. The topological polar surface area (TPSA) is 69.3 Å². The highest BCUT2D eigenvalue weighted by molar-refractivity contribution is 5.83. The van der Waals surface area contributed by atoms with E-state index in [4.69, 9.17) is 10.5 Å². The maximum Gasteiger partial charge on any atom is 0.227 e. The minimum atomic E-state index is -0.446. The van der Waals surface area contributed by atoms with Crippen LogP contribution in [-0.4, -0.2) is 30.2 Å². The van der Waals surface area contributed by atoms with E-state index >= 15 is 0 Å². The van der Waals surface area contributed by atoms with Gasteiger partial charge in [0.2, 0.25) is 5.91 Å². The van der Waals surface area contributed by atoms with E-state index in [9.17, 15) is 4.79 Å². The summed E-state index contributed by atoms with van der Waals surface area (Å²) in [4.78, 5) is 12.4. The number of carbonyl (C=O) groups excluding carboxylic acids is 1. The van der Waals surface area contributed by atoms with E-state index in [1.54, 1.807) is 0 Å². The van der Waals surface area contributed by atoms with E-state index in [1.165, 1.54) is 5.69 Å². The van der Waals surface area contributed by atoms with Gasteiger partial charge in [-0.3, -0.25) is 4.79 Å². The molecule has 106 valence electrons. The van der Waals surface area contributed by atoms with E-state index in [1.807, 2.05) is 20.0 Å². The fraction of sp³-hybridized carbons (Fsp3) is 0.643. The van der Waals surface area contributed by atoms with Crippen LogP contribution in [0.2, 0.25) is 0 Å². The molecule has 1 aromatic rings. The molecule has 3 N–H and O–H groups in total. The van der Waals surface area contributed by atoms with Crippen molar-refractivity contribution < 1.29 is 9.53 Å². The van der Waals surface area contributed by atoms with Gasteiger partial charge < -0.3 is 20.4 Å². The second-order valence-electron chi connectivity index (χ2n) is 5.30. The molecule has 0 radical (unpaired) electrons. The fourth-order valence-corrected chi connectivity index (χ4v) is 2.49. The van der Waals surface area contributed by atoms with Gasteiger partial charge in [-0.25, -0.2) is 0 Å². The summed E-state index contributed by atoms with van der Waals surface area (Å²) < 4.78 is 7.41. The largest absolute Gasteiger partial charge is 0.381 e.